The fourth-order valence-corrected chi connectivity index (χ4v) is 6.57. The summed E-state index contributed by atoms with van der Waals surface area (Å²) in [5, 5.41) is 4.60. The third kappa shape index (κ3) is 3.44. The van der Waals surface area contributed by atoms with Crippen molar-refractivity contribution in [1.82, 2.24) is 18.9 Å². The van der Waals surface area contributed by atoms with Gasteiger partial charge >= 0.3 is 0 Å². The second-order valence-electron chi connectivity index (χ2n) is 11.0. The Morgan fingerprint density at radius 3 is 1.95 bits per heavy atom. The van der Waals surface area contributed by atoms with Crippen molar-refractivity contribution in [3.8, 4) is 0 Å². The van der Waals surface area contributed by atoms with Crippen LogP contribution in [0.25, 0.3) is 49.4 Å². The van der Waals surface area contributed by atoms with E-state index in [0.29, 0.717) is 5.84 Å². The van der Waals surface area contributed by atoms with Crippen LogP contribution in [-0.2, 0) is 0 Å². The Labute approximate surface area is 247 Å². The number of aliphatic imine (C=N–C) groups is 2. The standard InChI is InChI=1S/C37H26N6/c1-41-34(25-16-6-3-7-17-25)39-33(24-14-4-2-5-15-24)40-37(41)43-31-23-13-11-21-29(31)32-36(43)42-30-22-12-10-19-27(30)26-18-8-9-20-28(26)35(42)38-32/h2-23,34H,1H3. The largest absolute Gasteiger partial charge is 0.319 e. The number of hydrogen-bond donors (Lipinski definition) is 0. The summed E-state index contributed by atoms with van der Waals surface area (Å²) in [7, 11) is 2.08. The molecule has 4 heterocycles. The van der Waals surface area contributed by atoms with Gasteiger partial charge in [0, 0.05) is 28.8 Å². The molecule has 43 heavy (non-hydrogen) atoms. The minimum atomic E-state index is -0.253. The number of imidazole rings is 1. The third-order valence-corrected chi connectivity index (χ3v) is 8.53. The lowest BCUT2D eigenvalue weighted by Crippen LogP contribution is -2.39. The van der Waals surface area contributed by atoms with Crippen molar-refractivity contribution in [2.45, 2.75) is 6.17 Å². The Bertz CT molecular complexity index is 2410. The van der Waals surface area contributed by atoms with Gasteiger partial charge in [-0.1, -0.05) is 121 Å². The van der Waals surface area contributed by atoms with E-state index in [1.54, 1.807) is 0 Å². The van der Waals surface area contributed by atoms with Crippen molar-refractivity contribution >= 4 is 61.2 Å². The summed E-state index contributed by atoms with van der Waals surface area (Å²) in [6.45, 7) is 0. The summed E-state index contributed by atoms with van der Waals surface area (Å²) in [5.74, 6) is 1.51. The first-order valence-electron chi connectivity index (χ1n) is 14.5. The van der Waals surface area contributed by atoms with Crippen molar-refractivity contribution in [1.29, 1.82) is 0 Å². The summed E-state index contributed by atoms with van der Waals surface area (Å²) in [5.41, 5.74) is 7.13. The molecule has 0 saturated carbocycles. The normalized spacial score (nSPS) is 15.6. The SMILES string of the molecule is CN1C(n2c3ccccc3c3nc4c5ccccc5c5ccccc5n4c32)=NC(c2ccccc2)=NC1c1ccccc1. The van der Waals surface area contributed by atoms with Gasteiger partial charge in [-0.2, -0.15) is 4.99 Å². The monoisotopic (exact) mass is 554 g/mol. The second kappa shape index (κ2) is 9.13. The van der Waals surface area contributed by atoms with Gasteiger partial charge in [-0.05, 0) is 23.1 Å². The van der Waals surface area contributed by atoms with Crippen LogP contribution in [0, 0.1) is 0 Å². The molecule has 0 saturated heterocycles. The van der Waals surface area contributed by atoms with Crippen molar-refractivity contribution < 1.29 is 0 Å². The molecule has 5 aromatic carbocycles. The Hall–Kier alpha value is -5.75. The molecule has 0 radical (unpaired) electrons. The van der Waals surface area contributed by atoms with Crippen LogP contribution in [0.2, 0.25) is 0 Å². The van der Waals surface area contributed by atoms with Crippen LogP contribution < -0.4 is 0 Å². The van der Waals surface area contributed by atoms with Gasteiger partial charge in [0.2, 0.25) is 5.96 Å². The van der Waals surface area contributed by atoms with Gasteiger partial charge in [0.1, 0.15) is 11.2 Å². The lowest BCUT2D eigenvalue weighted by Gasteiger charge is -2.33. The molecule has 6 heteroatoms. The summed E-state index contributed by atoms with van der Waals surface area (Å²) < 4.78 is 4.59. The fourth-order valence-electron chi connectivity index (χ4n) is 6.57. The number of fused-ring (bicyclic) bond motifs is 10. The predicted octanol–water partition coefficient (Wildman–Crippen LogP) is 8.04. The molecule has 9 rings (SSSR count). The zero-order valence-electron chi connectivity index (χ0n) is 23.5. The summed E-state index contributed by atoms with van der Waals surface area (Å²) in [4.78, 5) is 18.0. The molecule has 6 nitrogen and oxygen atoms in total. The van der Waals surface area contributed by atoms with Crippen LogP contribution in [0.15, 0.2) is 143 Å². The highest BCUT2D eigenvalue weighted by Crippen LogP contribution is 2.37. The maximum absolute atomic E-state index is 5.35. The molecule has 0 amide bonds. The van der Waals surface area contributed by atoms with Crippen molar-refractivity contribution in [2.75, 3.05) is 7.05 Å². The molecule has 0 spiro atoms. The number of amidine groups is 1. The summed E-state index contributed by atoms with van der Waals surface area (Å²) >= 11 is 0. The van der Waals surface area contributed by atoms with E-state index in [9.17, 15) is 0 Å². The summed E-state index contributed by atoms with van der Waals surface area (Å²) in [6, 6.07) is 46.3. The molecule has 1 atom stereocenters. The van der Waals surface area contributed by atoms with E-state index in [1.807, 2.05) is 24.3 Å². The van der Waals surface area contributed by atoms with E-state index < -0.39 is 0 Å². The lowest BCUT2D eigenvalue weighted by atomic mass is 10.1. The number of rotatable bonds is 2. The first kappa shape index (κ1) is 23.9. The van der Waals surface area contributed by atoms with E-state index in [4.69, 9.17) is 15.0 Å². The number of hydrogen-bond acceptors (Lipinski definition) is 4. The number of benzene rings is 5. The lowest BCUT2D eigenvalue weighted by molar-refractivity contribution is 0.372. The van der Waals surface area contributed by atoms with Gasteiger partial charge in [-0.3, -0.25) is 8.97 Å². The molecule has 204 valence electrons. The number of para-hydroxylation sites is 2. The molecule has 1 aliphatic heterocycles. The molecule has 0 fully saturated rings. The quantitative estimate of drug-likeness (QED) is 0.203. The first-order chi connectivity index (χ1) is 21.3. The van der Waals surface area contributed by atoms with Crippen molar-refractivity contribution in [3.63, 3.8) is 0 Å². The molecule has 1 aliphatic rings. The van der Waals surface area contributed by atoms with Crippen LogP contribution >= 0.6 is 0 Å². The predicted molar refractivity (Wildman–Crippen MR) is 176 cm³/mol. The second-order valence-corrected chi connectivity index (χ2v) is 11.0. The fraction of sp³-hybridized carbons (Fsp3) is 0.0541. The van der Waals surface area contributed by atoms with Gasteiger partial charge in [0.15, 0.2) is 17.6 Å². The maximum Gasteiger partial charge on any atom is 0.215 e. The zero-order chi connectivity index (χ0) is 28.5. The minimum Gasteiger partial charge on any atom is -0.319 e. The molecule has 0 aliphatic carbocycles. The van der Waals surface area contributed by atoms with Crippen LogP contribution in [0.3, 0.4) is 0 Å². The average Bonchev–Trinajstić information content (AvgIpc) is 3.61. The topological polar surface area (TPSA) is 50.2 Å². The van der Waals surface area contributed by atoms with Gasteiger partial charge in [-0.25, -0.2) is 9.98 Å². The number of nitrogens with zero attached hydrogens (tertiary/aromatic N) is 6. The highest BCUT2D eigenvalue weighted by atomic mass is 15.4. The molecule has 0 N–H and O–H groups in total. The molecule has 3 aromatic heterocycles. The van der Waals surface area contributed by atoms with E-state index in [1.165, 1.54) is 10.8 Å². The highest BCUT2D eigenvalue weighted by molar-refractivity contribution is 6.20. The van der Waals surface area contributed by atoms with Gasteiger partial charge in [0.05, 0.1) is 11.0 Å². The van der Waals surface area contributed by atoms with Gasteiger partial charge in [0.25, 0.3) is 0 Å². The van der Waals surface area contributed by atoms with Crippen LogP contribution in [0.4, 0.5) is 0 Å². The minimum absolute atomic E-state index is 0.253. The smallest absolute Gasteiger partial charge is 0.215 e. The number of aromatic nitrogens is 3. The molecule has 0 bridgehead atoms. The van der Waals surface area contributed by atoms with Crippen molar-refractivity contribution in [3.05, 3.63) is 145 Å². The Morgan fingerprint density at radius 1 is 0.581 bits per heavy atom. The Morgan fingerprint density at radius 2 is 1.19 bits per heavy atom. The van der Waals surface area contributed by atoms with Crippen LogP contribution in [-0.4, -0.2) is 37.7 Å². The molecular weight excluding hydrogens is 528 g/mol. The van der Waals surface area contributed by atoms with Crippen molar-refractivity contribution in [2.24, 2.45) is 9.98 Å². The summed E-state index contributed by atoms with van der Waals surface area (Å²) in [6.07, 6.45) is -0.253. The van der Waals surface area contributed by atoms with Gasteiger partial charge in [-0.15, -0.1) is 0 Å². The maximum atomic E-state index is 5.35. The Balaban J connectivity index is 1.43. The van der Waals surface area contributed by atoms with E-state index in [0.717, 1.165) is 55.7 Å². The zero-order valence-corrected chi connectivity index (χ0v) is 23.5. The molecule has 8 aromatic rings. The molecular formula is C37H26N6. The third-order valence-electron chi connectivity index (χ3n) is 8.53. The first-order valence-corrected chi connectivity index (χ1v) is 14.5. The van der Waals surface area contributed by atoms with Crippen LogP contribution in [0.1, 0.15) is 17.3 Å². The van der Waals surface area contributed by atoms with Gasteiger partial charge < -0.3 is 4.90 Å². The van der Waals surface area contributed by atoms with E-state index >= 15 is 0 Å². The number of pyridine rings is 1. The van der Waals surface area contributed by atoms with Crippen LogP contribution in [0.5, 0.6) is 0 Å². The Kier molecular flexibility index (Phi) is 5.07. The molecule has 1 unspecified atom stereocenters. The highest BCUT2D eigenvalue weighted by Gasteiger charge is 2.31. The average molecular weight is 555 g/mol. The van der Waals surface area contributed by atoms with E-state index in [-0.39, 0.29) is 6.17 Å². The van der Waals surface area contributed by atoms with E-state index in [2.05, 4.69) is 130 Å².